The van der Waals surface area contributed by atoms with Crippen molar-refractivity contribution in [3.63, 3.8) is 0 Å². The molecular weight excluding hydrogens is 263 g/mol. The number of rotatable bonds is 1. The van der Waals surface area contributed by atoms with Crippen LogP contribution >= 0.6 is 35.3 Å². The minimum atomic E-state index is -0.00776. The molecule has 0 amide bonds. The topological polar surface area (TPSA) is 24.4 Å². The summed E-state index contributed by atoms with van der Waals surface area (Å²) in [7, 11) is 0. The fourth-order valence-electron chi connectivity index (χ4n) is 1.52. The molecule has 2 heterocycles. The van der Waals surface area contributed by atoms with Gasteiger partial charge in [0, 0.05) is 11.1 Å². The maximum atomic E-state index is 6.16. The van der Waals surface area contributed by atoms with Crippen molar-refractivity contribution in [2.24, 2.45) is 4.99 Å². The lowest BCUT2D eigenvalue weighted by atomic mass is 10.1. The zero-order valence-electron chi connectivity index (χ0n) is 9.37. The lowest BCUT2D eigenvalue weighted by molar-refractivity contribution is 0.861. The second-order valence-electron chi connectivity index (χ2n) is 3.70. The number of hydrogen-bond donors (Lipinski definition) is 1. The van der Waals surface area contributed by atoms with E-state index in [2.05, 4.69) is 29.5 Å². The van der Waals surface area contributed by atoms with Crippen molar-refractivity contribution in [3.8, 4) is 0 Å². The highest BCUT2D eigenvalue weighted by atomic mass is 35.5. The number of nitrogens with one attached hydrogen (secondary N) is 1. The Kier molecular flexibility index (Phi) is 4.42. The monoisotopic (exact) mass is 276 g/mol. The first-order valence-corrected chi connectivity index (χ1v) is 6.06. The Balaban J connectivity index is 0.00000128. The Bertz CT molecular complexity index is 449. The van der Waals surface area contributed by atoms with Gasteiger partial charge >= 0.3 is 0 Å². The fourth-order valence-corrected chi connectivity index (χ4v) is 2.93. The van der Waals surface area contributed by atoms with E-state index < -0.39 is 0 Å². The number of aryl methyl sites for hydroxylation is 1. The van der Waals surface area contributed by atoms with Crippen molar-refractivity contribution in [1.29, 1.82) is 0 Å². The average Bonchev–Trinajstić information content (AvgIpc) is 2.52. The molecule has 1 aromatic heterocycles. The molecule has 1 aromatic rings. The van der Waals surface area contributed by atoms with Crippen LogP contribution in [0.15, 0.2) is 21.6 Å². The minimum Gasteiger partial charge on any atom is -0.349 e. The van der Waals surface area contributed by atoms with Gasteiger partial charge in [-0.15, -0.1) is 23.7 Å². The van der Waals surface area contributed by atoms with Gasteiger partial charge in [0.25, 0.3) is 0 Å². The molecule has 5 heteroatoms. The second-order valence-corrected chi connectivity index (χ2v) is 5.05. The molecule has 0 bridgehead atoms. The summed E-state index contributed by atoms with van der Waals surface area (Å²) in [5.74, 6) is 0.912. The van der Waals surface area contributed by atoms with Crippen LogP contribution in [-0.2, 0) is 0 Å². The van der Waals surface area contributed by atoms with Crippen molar-refractivity contribution in [3.05, 3.63) is 32.6 Å². The predicted octanol–water partition coefficient (Wildman–Crippen LogP) is 3.93. The molecule has 1 unspecified atom stereocenters. The van der Waals surface area contributed by atoms with Crippen LogP contribution in [0.1, 0.15) is 29.0 Å². The third-order valence-corrected chi connectivity index (χ3v) is 4.15. The number of aliphatic imine (C=N–C) groups is 1. The molecule has 0 aromatic carbocycles. The van der Waals surface area contributed by atoms with E-state index in [1.807, 2.05) is 13.1 Å². The molecule has 0 fully saturated rings. The molecule has 0 spiro atoms. The molecular formula is C11H14Cl2N2S. The van der Waals surface area contributed by atoms with Crippen LogP contribution in [0.3, 0.4) is 0 Å². The van der Waals surface area contributed by atoms with Gasteiger partial charge in [-0.2, -0.15) is 0 Å². The van der Waals surface area contributed by atoms with E-state index >= 15 is 0 Å². The Morgan fingerprint density at radius 3 is 2.62 bits per heavy atom. The van der Waals surface area contributed by atoms with Gasteiger partial charge in [0.1, 0.15) is 6.04 Å². The van der Waals surface area contributed by atoms with Crippen LogP contribution in [0.4, 0.5) is 0 Å². The number of halogens is 2. The summed E-state index contributed by atoms with van der Waals surface area (Å²) in [6.45, 7) is 6.19. The van der Waals surface area contributed by atoms with E-state index in [9.17, 15) is 0 Å². The molecule has 1 aliphatic heterocycles. The summed E-state index contributed by atoms with van der Waals surface area (Å²) in [6.07, 6.45) is 1.82. The summed E-state index contributed by atoms with van der Waals surface area (Å²) in [4.78, 5) is 5.77. The van der Waals surface area contributed by atoms with Crippen molar-refractivity contribution < 1.29 is 0 Å². The van der Waals surface area contributed by atoms with Gasteiger partial charge in [-0.25, -0.2) is 0 Å². The van der Waals surface area contributed by atoms with Crippen LogP contribution in [-0.4, -0.2) is 5.84 Å². The van der Waals surface area contributed by atoms with Crippen LogP contribution in [0, 0.1) is 13.8 Å². The molecule has 16 heavy (non-hydrogen) atoms. The van der Waals surface area contributed by atoms with Gasteiger partial charge in [0.2, 0.25) is 0 Å². The van der Waals surface area contributed by atoms with Crippen molar-refractivity contribution >= 4 is 41.2 Å². The number of hydrogen-bond acceptors (Lipinski definition) is 3. The molecule has 0 saturated carbocycles. The first-order valence-electron chi connectivity index (χ1n) is 4.80. The van der Waals surface area contributed by atoms with Gasteiger partial charge < -0.3 is 5.32 Å². The summed E-state index contributed by atoms with van der Waals surface area (Å²) in [5.41, 5.74) is 2.61. The van der Waals surface area contributed by atoms with E-state index in [1.165, 1.54) is 16.0 Å². The Morgan fingerprint density at radius 1 is 1.38 bits per heavy atom. The number of thiophene rings is 1. The molecule has 88 valence electrons. The highest BCUT2D eigenvalue weighted by Gasteiger charge is 2.21. The summed E-state index contributed by atoms with van der Waals surface area (Å²) >= 11 is 7.89. The zero-order chi connectivity index (χ0) is 11.0. The molecule has 1 N–H and O–H groups in total. The third-order valence-electron chi connectivity index (χ3n) is 2.58. The van der Waals surface area contributed by atoms with E-state index in [0.29, 0.717) is 0 Å². The van der Waals surface area contributed by atoms with Gasteiger partial charge in [-0.05, 0) is 37.3 Å². The van der Waals surface area contributed by atoms with Crippen LogP contribution in [0.5, 0.6) is 0 Å². The quantitative estimate of drug-likeness (QED) is 0.826. The Hall–Kier alpha value is -0.510. The first kappa shape index (κ1) is 13.6. The van der Waals surface area contributed by atoms with Gasteiger partial charge in [-0.1, -0.05) is 11.6 Å². The lowest BCUT2D eigenvalue weighted by Gasteiger charge is -2.17. The van der Waals surface area contributed by atoms with Crippen LogP contribution in [0.25, 0.3) is 0 Å². The SMILES string of the molecule is CC1=NC(c2scc(C)c2C)C(Cl)=CN1.Cl. The van der Waals surface area contributed by atoms with Crippen molar-refractivity contribution in [1.82, 2.24) is 5.32 Å². The second kappa shape index (κ2) is 5.21. The lowest BCUT2D eigenvalue weighted by Crippen LogP contribution is -2.20. The summed E-state index contributed by atoms with van der Waals surface area (Å²) < 4.78 is 0. The minimum absolute atomic E-state index is 0. The average molecular weight is 277 g/mol. The largest absolute Gasteiger partial charge is 0.349 e. The van der Waals surface area contributed by atoms with Gasteiger partial charge in [0.05, 0.1) is 10.9 Å². The molecule has 1 atom stereocenters. The highest BCUT2D eigenvalue weighted by molar-refractivity contribution is 7.10. The van der Waals surface area contributed by atoms with E-state index in [-0.39, 0.29) is 18.4 Å². The number of amidine groups is 1. The Labute approximate surface area is 111 Å². The van der Waals surface area contributed by atoms with Crippen molar-refractivity contribution in [2.75, 3.05) is 0 Å². The molecule has 2 rings (SSSR count). The summed E-state index contributed by atoms with van der Waals surface area (Å²) in [5, 5.41) is 5.93. The third kappa shape index (κ3) is 2.42. The maximum absolute atomic E-state index is 6.16. The summed E-state index contributed by atoms with van der Waals surface area (Å²) in [6, 6.07) is -0.00776. The van der Waals surface area contributed by atoms with E-state index in [1.54, 1.807) is 11.3 Å². The molecule has 1 aliphatic rings. The first-order chi connectivity index (χ1) is 7.09. The normalized spacial score (nSPS) is 19.4. The molecule has 0 radical (unpaired) electrons. The Morgan fingerprint density at radius 2 is 2.06 bits per heavy atom. The van der Waals surface area contributed by atoms with Gasteiger partial charge in [-0.3, -0.25) is 4.99 Å². The zero-order valence-corrected chi connectivity index (χ0v) is 11.8. The van der Waals surface area contributed by atoms with Crippen LogP contribution < -0.4 is 5.32 Å². The maximum Gasteiger partial charge on any atom is 0.123 e. The predicted molar refractivity (Wildman–Crippen MR) is 74.0 cm³/mol. The molecule has 0 saturated heterocycles. The highest BCUT2D eigenvalue weighted by Crippen LogP contribution is 2.37. The number of nitrogens with zero attached hydrogens (tertiary/aromatic N) is 1. The standard InChI is InChI=1S/C11H13ClN2S.ClH/c1-6-5-15-11(7(6)2)10-9(12)4-13-8(3)14-10;/h4-5,10H,1-3H3,(H,13,14);1H. The smallest absolute Gasteiger partial charge is 0.123 e. The molecule has 2 nitrogen and oxygen atoms in total. The molecule has 0 aliphatic carbocycles. The van der Waals surface area contributed by atoms with Crippen LogP contribution in [0.2, 0.25) is 0 Å². The van der Waals surface area contributed by atoms with E-state index in [0.717, 1.165) is 10.9 Å². The van der Waals surface area contributed by atoms with E-state index in [4.69, 9.17) is 11.6 Å². The fraction of sp³-hybridized carbons (Fsp3) is 0.364. The van der Waals surface area contributed by atoms with Crippen molar-refractivity contribution in [2.45, 2.75) is 26.8 Å². The van der Waals surface area contributed by atoms with Gasteiger partial charge in [0.15, 0.2) is 0 Å².